The van der Waals surface area contributed by atoms with E-state index in [1.807, 2.05) is 30.5 Å². The lowest BCUT2D eigenvalue weighted by atomic mass is 10.1. The summed E-state index contributed by atoms with van der Waals surface area (Å²) in [6, 6.07) is 11.4. The van der Waals surface area contributed by atoms with E-state index in [1.54, 1.807) is 6.20 Å². The Morgan fingerprint density at radius 2 is 2.13 bits per heavy atom. The van der Waals surface area contributed by atoms with Crippen molar-refractivity contribution in [3.05, 3.63) is 66.1 Å². The summed E-state index contributed by atoms with van der Waals surface area (Å²) in [6.07, 6.45) is 6.13. The second kappa shape index (κ2) is 6.62. The second-order valence-corrected chi connectivity index (χ2v) is 5.49. The third-order valence-corrected chi connectivity index (χ3v) is 3.89. The van der Waals surface area contributed by atoms with Gasteiger partial charge in [0.2, 0.25) is 0 Å². The zero-order chi connectivity index (χ0) is 16.2. The lowest BCUT2D eigenvalue weighted by molar-refractivity contribution is -0.142. The van der Waals surface area contributed by atoms with Gasteiger partial charge in [0.05, 0.1) is 7.11 Å². The van der Waals surface area contributed by atoms with Crippen molar-refractivity contribution in [2.45, 2.75) is 19.0 Å². The molecular weight excluding hydrogens is 290 g/mol. The normalized spacial score (nSPS) is 12.3. The maximum atomic E-state index is 11.6. The van der Waals surface area contributed by atoms with Gasteiger partial charge in [-0.3, -0.25) is 9.78 Å². The molecule has 0 bridgehead atoms. The number of pyridine rings is 1. The number of ether oxygens (including phenoxy) is 1. The number of nitrogens with two attached hydrogens (primary N) is 1. The number of rotatable bonds is 5. The van der Waals surface area contributed by atoms with Crippen molar-refractivity contribution in [2.24, 2.45) is 5.73 Å². The van der Waals surface area contributed by atoms with E-state index in [0.29, 0.717) is 6.42 Å². The molecule has 0 fully saturated rings. The number of aromatic nitrogens is 2. The van der Waals surface area contributed by atoms with Gasteiger partial charge in [-0.05, 0) is 23.3 Å². The van der Waals surface area contributed by atoms with Gasteiger partial charge >= 0.3 is 5.97 Å². The van der Waals surface area contributed by atoms with Crippen LogP contribution in [0.1, 0.15) is 11.1 Å². The van der Waals surface area contributed by atoms with E-state index < -0.39 is 12.0 Å². The van der Waals surface area contributed by atoms with E-state index in [9.17, 15) is 4.79 Å². The molecule has 2 heterocycles. The van der Waals surface area contributed by atoms with Gasteiger partial charge in [0, 0.05) is 42.5 Å². The summed E-state index contributed by atoms with van der Waals surface area (Å²) < 4.78 is 6.88. The fraction of sp³-hybridized carbons (Fsp3) is 0.222. The highest BCUT2D eigenvalue weighted by Crippen LogP contribution is 2.23. The van der Waals surface area contributed by atoms with Gasteiger partial charge in [0.15, 0.2) is 0 Å². The van der Waals surface area contributed by atoms with Crippen molar-refractivity contribution in [3.63, 3.8) is 0 Å². The minimum atomic E-state index is -0.655. The molecule has 0 aliphatic heterocycles. The summed E-state index contributed by atoms with van der Waals surface area (Å²) in [4.78, 5) is 15.7. The van der Waals surface area contributed by atoms with Crippen molar-refractivity contribution in [1.29, 1.82) is 0 Å². The number of methoxy groups -OCH3 is 1. The average molecular weight is 309 g/mol. The summed E-state index contributed by atoms with van der Waals surface area (Å²) in [6.45, 7) is 0.724. The maximum Gasteiger partial charge on any atom is 0.322 e. The smallest absolute Gasteiger partial charge is 0.322 e. The topological polar surface area (TPSA) is 70.1 Å². The first kappa shape index (κ1) is 15.2. The number of carbonyl (C=O) groups is 1. The molecular formula is C18H19N3O2. The van der Waals surface area contributed by atoms with Crippen LogP contribution in [-0.4, -0.2) is 28.7 Å². The van der Waals surface area contributed by atoms with Crippen LogP contribution in [0.5, 0.6) is 0 Å². The third kappa shape index (κ3) is 3.24. The molecule has 2 N–H and O–H groups in total. The fourth-order valence-corrected chi connectivity index (χ4v) is 2.78. The van der Waals surface area contributed by atoms with Crippen molar-refractivity contribution in [2.75, 3.05) is 7.11 Å². The Morgan fingerprint density at radius 3 is 2.87 bits per heavy atom. The fourth-order valence-electron chi connectivity index (χ4n) is 2.78. The number of para-hydroxylation sites is 1. The summed E-state index contributed by atoms with van der Waals surface area (Å²) in [5.41, 5.74) is 9.20. The average Bonchev–Trinajstić information content (AvgIpc) is 2.93. The van der Waals surface area contributed by atoms with Crippen LogP contribution in [0.25, 0.3) is 10.9 Å². The lowest BCUT2D eigenvalue weighted by Crippen LogP contribution is -2.33. The summed E-state index contributed by atoms with van der Waals surface area (Å²) >= 11 is 0. The Balaban J connectivity index is 1.95. The lowest BCUT2D eigenvalue weighted by Gasteiger charge is -2.08. The molecule has 1 aromatic carbocycles. The largest absolute Gasteiger partial charge is 0.468 e. The molecule has 0 spiro atoms. The molecule has 0 amide bonds. The van der Waals surface area contributed by atoms with Gasteiger partial charge in [0.25, 0.3) is 0 Å². The number of hydrogen-bond acceptors (Lipinski definition) is 4. The van der Waals surface area contributed by atoms with Gasteiger partial charge in [0.1, 0.15) is 6.04 Å². The molecule has 0 radical (unpaired) electrons. The van der Waals surface area contributed by atoms with E-state index >= 15 is 0 Å². The summed E-state index contributed by atoms with van der Waals surface area (Å²) in [5, 5.41) is 1.11. The molecule has 0 aliphatic rings. The predicted octanol–water partition coefficient (Wildman–Crippen LogP) is 2.13. The van der Waals surface area contributed by atoms with E-state index in [0.717, 1.165) is 28.6 Å². The van der Waals surface area contributed by atoms with Crippen LogP contribution in [0.4, 0.5) is 0 Å². The number of nitrogens with zero attached hydrogens (tertiary/aromatic N) is 2. The Labute approximate surface area is 134 Å². The van der Waals surface area contributed by atoms with E-state index in [4.69, 9.17) is 10.5 Å². The molecule has 5 nitrogen and oxygen atoms in total. The highest BCUT2D eigenvalue weighted by atomic mass is 16.5. The zero-order valence-electron chi connectivity index (χ0n) is 13.0. The van der Waals surface area contributed by atoms with Gasteiger partial charge in [-0.1, -0.05) is 24.3 Å². The van der Waals surface area contributed by atoms with Gasteiger partial charge < -0.3 is 15.0 Å². The highest BCUT2D eigenvalue weighted by Gasteiger charge is 2.17. The Hall–Kier alpha value is -2.66. The molecule has 23 heavy (non-hydrogen) atoms. The molecule has 0 unspecified atom stereocenters. The third-order valence-electron chi connectivity index (χ3n) is 3.89. The van der Waals surface area contributed by atoms with E-state index in [2.05, 4.69) is 27.9 Å². The first-order valence-electron chi connectivity index (χ1n) is 7.48. The Kier molecular flexibility index (Phi) is 4.39. The maximum absolute atomic E-state index is 11.6. The van der Waals surface area contributed by atoms with Crippen molar-refractivity contribution in [1.82, 2.24) is 9.55 Å². The minimum Gasteiger partial charge on any atom is -0.468 e. The van der Waals surface area contributed by atoms with Crippen LogP contribution in [0.15, 0.2) is 55.0 Å². The molecule has 2 aromatic heterocycles. The van der Waals surface area contributed by atoms with Crippen LogP contribution in [0.3, 0.4) is 0 Å². The zero-order valence-corrected chi connectivity index (χ0v) is 13.0. The molecule has 0 saturated heterocycles. The number of fused-ring (bicyclic) bond motifs is 1. The monoisotopic (exact) mass is 309 g/mol. The number of esters is 1. The van der Waals surface area contributed by atoms with Gasteiger partial charge in [-0.25, -0.2) is 0 Å². The van der Waals surface area contributed by atoms with E-state index in [1.165, 1.54) is 7.11 Å². The molecule has 3 rings (SSSR count). The van der Waals surface area contributed by atoms with Crippen LogP contribution >= 0.6 is 0 Å². The first-order chi connectivity index (χ1) is 11.2. The Bertz CT molecular complexity index is 812. The second-order valence-electron chi connectivity index (χ2n) is 5.49. The van der Waals surface area contributed by atoms with E-state index in [-0.39, 0.29) is 0 Å². The molecule has 1 atom stereocenters. The van der Waals surface area contributed by atoms with Crippen LogP contribution < -0.4 is 5.73 Å². The quantitative estimate of drug-likeness (QED) is 0.733. The van der Waals surface area contributed by atoms with Crippen LogP contribution in [0, 0.1) is 0 Å². The van der Waals surface area contributed by atoms with Crippen molar-refractivity contribution >= 4 is 16.9 Å². The first-order valence-corrected chi connectivity index (χ1v) is 7.48. The van der Waals surface area contributed by atoms with Gasteiger partial charge in [-0.15, -0.1) is 0 Å². The minimum absolute atomic E-state index is 0.394. The summed E-state index contributed by atoms with van der Waals surface area (Å²) in [5.74, 6) is -0.394. The highest BCUT2D eigenvalue weighted by molar-refractivity contribution is 5.85. The van der Waals surface area contributed by atoms with Gasteiger partial charge in [-0.2, -0.15) is 0 Å². The van der Waals surface area contributed by atoms with Crippen molar-refractivity contribution in [3.8, 4) is 0 Å². The molecule has 0 aliphatic carbocycles. The number of hydrogen-bond donors (Lipinski definition) is 1. The van der Waals surface area contributed by atoms with Crippen LogP contribution in [-0.2, 0) is 22.5 Å². The standard InChI is InChI=1S/C18H19N3O2/c1-23-18(22)16(19)9-14-12-21(11-13-5-4-8-20-10-13)17-7-3-2-6-15(14)17/h2-8,10,12,16H,9,11,19H2,1H3/t16-/m0/s1. The molecule has 5 heteroatoms. The SMILES string of the molecule is COC(=O)[C@@H](N)Cc1cn(Cc2cccnc2)c2ccccc12. The number of carbonyl (C=O) groups excluding carboxylic acids is 1. The summed E-state index contributed by atoms with van der Waals surface area (Å²) in [7, 11) is 1.36. The molecule has 118 valence electrons. The number of benzene rings is 1. The van der Waals surface area contributed by atoms with Crippen molar-refractivity contribution < 1.29 is 9.53 Å². The predicted molar refractivity (Wildman–Crippen MR) is 89.0 cm³/mol. The van der Waals surface area contributed by atoms with Crippen LogP contribution in [0.2, 0.25) is 0 Å². The Morgan fingerprint density at radius 1 is 1.30 bits per heavy atom. The molecule has 0 saturated carbocycles. The molecule has 3 aromatic rings.